The molecular formula is C19H25NO3. The molecule has 0 amide bonds. The monoisotopic (exact) mass is 315 g/mol. The Bertz CT molecular complexity index is 648. The number of benzene rings is 1. The van der Waals surface area contributed by atoms with Crippen molar-refractivity contribution in [3.05, 3.63) is 53.5 Å². The van der Waals surface area contributed by atoms with Gasteiger partial charge in [0.25, 0.3) is 0 Å². The van der Waals surface area contributed by atoms with Crippen LogP contribution in [0.3, 0.4) is 0 Å². The fourth-order valence-corrected chi connectivity index (χ4v) is 3.34. The molecule has 1 aromatic heterocycles. The first kappa shape index (κ1) is 16.1. The molecule has 0 spiro atoms. The van der Waals surface area contributed by atoms with Crippen LogP contribution in [0.2, 0.25) is 0 Å². The largest absolute Gasteiger partial charge is 0.491 e. The fourth-order valence-electron chi connectivity index (χ4n) is 3.34. The molecule has 2 N–H and O–H groups in total. The van der Waals surface area contributed by atoms with Crippen molar-refractivity contribution in [3.63, 3.8) is 0 Å². The number of hydrogen-bond acceptors (Lipinski definition) is 4. The lowest BCUT2D eigenvalue weighted by molar-refractivity contribution is 0.199. The summed E-state index contributed by atoms with van der Waals surface area (Å²) in [4.78, 5) is 0. The Hall–Kier alpha value is -1.78. The summed E-state index contributed by atoms with van der Waals surface area (Å²) in [6.45, 7) is 5.64. The van der Waals surface area contributed by atoms with Gasteiger partial charge in [0.05, 0.1) is 12.9 Å². The molecule has 23 heavy (non-hydrogen) atoms. The molecule has 1 aliphatic carbocycles. The van der Waals surface area contributed by atoms with E-state index < -0.39 is 0 Å². The number of ether oxygens (including phenoxy) is 1. The molecule has 2 aromatic rings. The summed E-state index contributed by atoms with van der Waals surface area (Å²) < 4.78 is 11.3. The van der Waals surface area contributed by atoms with Gasteiger partial charge in [-0.15, -0.1) is 0 Å². The summed E-state index contributed by atoms with van der Waals surface area (Å²) in [6, 6.07) is 10.3. The third-order valence-electron chi connectivity index (χ3n) is 4.41. The van der Waals surface area contributed by atoms with Crippen LogP contribution < -0.4 is 10.1 Å². The highest BCUT2D eigenvalue weighted by atomic mass is 16.5. The second-order valence-corrected chi connectivity index (χ2v) is 6.96. The van der Waals surface area contributed by atoms with Crippen molar-refractivity contribution in [2.45, 2.75) is 39.3 Å². The van der Waals surface area contributed by atoms with E-state index in [0.29, 0.717) is 12.6 Å². The zero-order valence-electron chi connectivity index (χ0n) is 13.8. The van der Waals surface area contributed by atoms with Gasteiger partial charge in [0.15, 0.2) is 0 Å². The number of rotatable bonds is 6. The molecular weight excluding hydrogens is 290 g/mol. The minimum Gasteiger partial charge on any atom is -0.491 e. The van der Waals surface area contributed by atoms with Crippen LogP contribution in [0.25, 0.3) is 0 Å². The number of fused-ring (bicyclic) bond motifs is 1. The summed E-state index contributed by atoms with van der Waals surface area (Å²) in [5.41, 5.74) is 2.61. The second kappa shape index (κ2) is 6.77. The maximum atomic E-state index is 8.94. The standard InChI is InChI=1S/C19H25NO3/c1-19(2)11-16(15-7-9-22-18(15)12-19)20-13-14-5-3-4-6-17(14)23-10-8-21/h3-7,9,16,20-21H,8,10-13H2,1-2H3. The second-order valence-electron chi connectivity index (χ2n) is 6.96. The van der Waals surface area contributed by atoms with E-state index in [0.717, 1.165) is 36.5 Å². The van der Waals surface area contributed by atoms with Crippen LogP contribution in [-0.4, -0.2) is 18.3 Å². The molecule has 0 saturated carbocycles. The van der Waals surface area contributed by atoms with Crippen LogP contribution in [0.4, 0.5) is 0 Å². The SMILES string of the molecule is CC1(C)Cc2occc2C(NCc2ccccc2OCCO)C1. The van der Waals surface area contributed by atoms with Gasteiger partial charge in [0.2, 0.25) is 0 Å². The zero-order chi connectivity index (χ0) is 16.3. The highest BCUT2D eigenvalue weighted by Crippen LogP contribution is 2.41. The predicted molar refractivity (Wildman–Crippen MR) is 89.4 cm³/mol. The van der Waals surface area contributed by atoms with E-state index in [4.69, 9.17) is 14.3 Å². The predicted octanol–water partition coefficient (Wildman–Crippen LogP) is 3.45. The highest BCUT2D eigenvalue weighted by Gasteiger charge is 2.33. The zero-order valence-corrected chi connectivity index (χ0v) is 13.8. The van der Waals surface area contributed by atoms with E-state index in [1.165, 1.54) is 5.56 Å². The maximum Gasteiger partial charge on any atom is 0.123 e. The summed E-state index contributed by atoms with van der Waals surface area (Å²) in [6.07, 6.45) is 3.86. The molecule has 4 heteroatoms. The van der Waals surface area contributed by atoms with Crippen molar-refractivity contribution >= 4 is 0 Å². The molecule has 1 heterocycles. The number of hydrogen-bond donors (Lipinski definition) is 2. The van der Waals surface area contributed by atoms with E-state index in [1.807, 2.05) is 18.2 Å². The average molecular weight is 315 g/mol. The molecule has 4 nitrogen and oxygen atoms in total. The Kier molecular flexibility index (Phi) is 4.74. The van der Waals surface area contributed by atoms with Crippen LogP contribution in [0.5, 0.6) is 5.75 Å². The normalized spacial score (nSPS) is 19.3. The first-order valence-corrected chi connectivity index (χ1v) is 8.20. The Morgan fingerprint density at radius 1 is 1.30 bits per heavy atom. The minimum absolute atomic E-state index is 0.0248. The summed E-state index contributed by atoms with van der Waals surface area (Å²) >= 11 is 0. The van der Waals surface area contributed by atoms with Crippen LogP contribution >= 0.6 is 0 Å². The number of aliphatic hydroxyl groups excluding tert-OH is 1. The van der Waals surface area contributed by atoms with Gasteiger partial charge in [-0.1, -0.05) is 32.0 Å². The lowest BCUT2D eigenvalue weighted by Gasteiger charge is -2.35. The molecule has 0 aliphatic heterocycles. The number of aliphatic hydroxyl groups is 1. The molecule has 0 bridgehead atoms. The number of nitrogens with one attached hydrogen (secondary N) is 1. The highest BCUT2D eigenvalue weighted by molar-refractivity contribution is 5.34. The Balaban J connectivity index is 1.72. The van der Waals surface area contributed by atoms with Crippen LogP contribution in [0.15, 0.2) is 41.0 Å². The Morgan fingerprint density at radius 3 is 2.96 bits per heavy atom. The molecule has 1 atom stereocenters. The molecule has 124 valence electrons. The van der Waals surface area contributed by atoms with Crippen molar-refractivity contribution in [2.75, 3.05) is 13.2 Å². The van der Waals surface area contributed by atoms with Gasteiger partial charge in [0, 0.05) is 30.1 Å². The smallest absolute Gasteiger partial charge is 0.123 e. The molecule has 3 rings (SSSR count). The topological polar surface area (TPSA) is 54.6 Å². The third kappa shape index (κ3) is 3.77. The van der Waals surface area contributed by atoms with Crippen LogP contribution in [-0.2, 0) is 13.0 Å². The van der Waals surface area contributed by atoms with E-state index in [2.05, 4.69) is 31.3 Å². The van der Waals surface area contributed by atoms with E-state index >= 15 is 0 Å². The van der Waals surface area contributed by atoms with Crippen molar-refractivity contribution in [1.82, 2.24) is 5.32 Å². The minimum atomic E-state index is 0.0248. The van der Waals surface area contributed by atoms with Gasteiger partial charge in [-0.2, -0.15) is 0 Å². The molecule has 1 unspecified atom stereocenters. The number of para-hydroxylation sites is 1. The van der Waals surface area contributed by atoms with Crippen molar-refractivity contribution in [2.24, 2.45) is 5.41 Å². The van der Waals surface area contributed by atoms with E-state index in [1.54, 1.807) is 6.26 Å². The van der Waals surface area contributed by atoms with Gasteiger partial charge in [-0.3, -0.25) is 0 Å². The fraction of sp³-hybridized carbons (Fsp3) is 0.474. The van der Waals surface area contributed by atoms with E-state index in [9.17, 15) is 0 Å². The van der Waals surface area contributed by atoms with Crippen LogP contribution in [0, 0.1) is 5.41 Å². The molecule has 1 aromatic carbocycles. The summed E-state index contributed by atoms with van der Waals surface area (Å²) in [5, 5.41) is 12.6. The van der Waals surface area contributed by atoms with Gasteiger partial charge < -0.3 is 19.6 Å². The van der Waals surface area contributed by atoms with Crippen molar-refractivity contribution < 1.29 is 14.3 Å². The van der Waals surface area contributed by atoms with Gasteiger partial charge >= 0.3 is 0 Å². The Labute approximate surface area is 137 Å². The average Bonchev–Trinajstić information content (AvgIpc) is 2.98. The third-order valence-corrected chi connectivity index (χ3v) is 4.41. The molecule has 0 radical (unpaired) electrons. The number of furan rings is 1. The quantitative estimate of drug-likeness (QED) is 0.857. The van der Waals surface area contributed by atoms with Crippen molar-refractivity contribution in [3.8, 4) is 5.75 Å². The first-order chi connectivity index (χ1) is 11.1. The Morgan fingerprint density at radius 2 is 2.13 bits per heavy atom. The molecule has 1 aliphatic rings. The first-order valence-electron chi connectivity index (χ1n) is 8.20. The maximum absolute atomic E-state index is 8.94. The summed E-state index contributed by atoms with van der Waals surface area (Å²) in [7, 11) is 0. The lowest BCUT2D eigenvalue weighted by Crippen LogP contribution is -2.32. The van der Waals surface area contributed by atoms with Gasteiger partial charge in [-0.05, 0) is 24.0 Å². The van der Waals surface area contributed by atoms with Gasteiger partial charge in [0.1, 0.15) is 18.1 Å². The van der Waals surface area contributed by atoms with Crippen molar-refractivity contribution in [1.29, 1.82) is 0 Å². The lowest BCUT2D eigenvalue weighted by atomic mass is 9.75. The van der Waals surface area contributed by atoms with Gasteiger partial charge in [-0.25, -0.2) is 0 Å². The van der Waals surface area contributed by atoms with E-state index in [-0.39, 0.29) is 12.0 Å². The molecule has 0 saturated heterocycles. The summed E-state index contributed by atoms with van der Waals surface area (Å²) in [5.74, 6) is 1.93. The molecule has 0 fully saturated rings. The van der Waals surface area contributed by atoms with Crippen LogP contribution in [0.1, 0.15) is 43.2 Å².